The van der Waals surface area contributed by atoms with Gasteiger partial charge in [0.15, 0.2) is 5.96 Å². The highest BCUT2D eigenvalue weighted by Gasteiger charge is 2.25. The number of hydrogen-bond acceptors (Lipinski definition) is 4. The lowest BCUT2D eigenvalue weighted by molar-refractivity contribution is 0.317. The van der Waals surface area contributed by atoms with Crippen LogP contribution in [0.15, 0.2) is 22.5 Å². The molecule has 0 aliphatic carbocycles. The number of rotatable bonds is 4. The molecule has 4 heteroatoms. The second-order valence-corrected chi connectivity index (χ2v) is 4.88. The minimum absolute atomic E-state index is 0.511. The number of hydrogen-bond donors (Lipinski definition) is 1. The van der Waals surface area contributed by atoms with E-state index in [-0.39, 0.29) is 0 Å². The predicted octanol–water partition coefficient (Wildman–Crippen LogP) is 2.05. The first-order chi connectivity index (χ1) is 7.31. The van der Waals surface area contributed by atoms with E-state index in [1.807, 2.05) is 0 Å². The Morgan fingerprint density at radius 1 is 1.67 bits per heavy atom. The molecule has 1 atom stereocenters. The summed E-state index contributed by atoms with van der Waals surface area (Å²) in [6.07, 6.45) is 2.37. The highest BCUT2D eigenvalue weighted by atomic mass is 32.1. The normalized spacial score (nSPS) is 20.7. The molecular formula is C11H17N3S. The quantitative estimate of drug-likeness (QED) is 0.848. The predicted molar refractivity (Wildman–Crippen MR) is 65.0 cm³/mol. The van der Waals surface area contributed by atoms with E-state index in [4.69, 9.17) is 5.73 Å². The lowest BCUT2D eigenvalue weighted by atomic mass is 10.1. The van der Waals surface area contributed by atoms with Crippen molar-refractivity contribution in [3.8, 4) is 0 Å². The van der Waals surface area contributed by atoms with Crippen molar-refractivity contribution in [3.05, 3.63) is 22.4 Å². The van der Waals surface area contributed by atoms with Crippen LogP contribution in [0.3, 0.4) is 0 Å². The van der Waals surface area contributed by atoms with Crippen molar-refractivity contribution in [2.24, 2.45) is 10.7 Å². The van der Waals surface area contributed by atoms with Gasteiger partial charge < -0.3 is 10.6 Å². The summed E-state index contributed by atoms with van der Waals surface area (Å²) in [5.41, 5.74) is 5.90. The second-order valence-electron chi connectivity index (χ2n) is 3.85. The van der Waals surface area contributed by atoms with Gasteiger partial charge in [-0.15, -0.1) is 11.3 Å². The molecule has 0 saturated carbocycles. The zero-order valence-electron chi connectivity index (χ0n) is 9.02. The summed E-state index contributed by atoms with van der Waals surface area (Å²) in [6.45, 7) is 3.99. The molecule has 1 aromatic heterocycles. The van der Waals surface area contributed by atoms with Gasteiger partial charge in [-0.25, -0.2) is 0 Å². The molecule has 82 valence electrons. The van der Waals surface area contributed by atoms with Crippen LogP contribution in [0, 0.1) is 0 Å². The minimum atomic E-state index is 0.511. The zero-order valence-corrected chi connectivity index (χ0v) is 9.83. The van der Waals surface area contributed by atoms with Gasteiger partial charge in [-0.1, -0.05) is 19.4 Å². The first-order valence-electron chi connectivity index (χ1n) is 5.40. The molecule has 0 spiro atoms. The Morgan fingerprint density at radius 3 is 3.20 bits per heavy atom. The third-order valence-electron chi connectivity index (χ3n) is 2.73. The van der Waals surface area contributed by atoms with Crippen LogP contribution in [-0.2, 0) is 6.54 Å². The largest absolute Gasteiger partial charge is 0.370 e. The second kappa shape index (κ2) is 4.66. The standard InChI is InChI=1S/C11H17N3S/c1-2-4-9-7-13-11(12)14(9)8-10-5-3-6-15-10/h3,5-6,9H,2,4,7-8H2,1H3,(H2,12,13). The van der Waals surface area contributed by atoms with Gasteiger partial charge in [-0.05, 0) is 17.9 Å². The van der Waals surface area contributed by atoms with Crippen LogP contribution in [0.2, 0.25) is 0 Å². The summed E-state index contributed by atoms with van der Waals surface area (Å²) < 4.78 is 0. The summed E-state index contributed by atoms with van der Waals surface area (Å²) >= 11 is 1.78. The van der Waals surface area contributed by atoms with E-state index in [0.29, 0.717) is 12.0 Å². The van der Waals surface area contributed by atoms with Gasteiger partial charge in [0.1, 0.15) is 0 Å². The molecule has 0 radical (unpaired) electrons. The smallest absolute Gasteiger partial charge is 0.191 e. The molecule has 15 heavy (non-hydrogen) atoms. The Balaban J connectivity index is 2.01. The van der Waals surface area contributed by atoms with E-state index in [9.17, 15) is 0 Å². The van der Waals surface area contributed by atoms with Gasteiger partial charge in [0.2, 0.25) is 0 Å². The van der Waals surface area contributed by atoms with E-state index in [0.717, 1.165) is 13.1 Å². The molecule has 0 saturated heterocycles. The topological polar surface area (TPSA) is 41.6 Å². The molecule has 2 heterocycles. The molecule has 1 unspecified atom stereocenters. The summed E-state index contributed by atoms with van der Waals surface area (Å²) in [4.78, 5) is 7.91. The summed E-state index contributed by atoms with van der Waals surface area (Å²) in [5, 5.41) is 2.10. The van der Waals surface area contributed by atoms with Crippen molar-refractivity contribution in [1.82, 2.24) is 4.90 Å². The fraction of sp³-hybridized carbons (Fsp3) is 0.545. The summed E-state index contributed by atoms with van der Waals surface area (Å²) in [5.74, 6) is 0.710. The third-order valence-corrected chi connectivity index (χ3v) is 3.59. The van der Waals surface area contributed by atoms with Crippen molar-refractivity contribution >= 4 is 17.3 Å². The highest BCUT2D eigenvalue weighted by molar-refractivity contribution is 7.09. The molecule has 0 bridgehead atoms. The fourth-order valence-corrected chi connectivity index (χ4v) is 2.64. The average molecular weight is 223 g/mol. The highest BCUT2D eigenvalue weighted by Crippen LogP contribution is 2.19. The Bertz CT molecular complexity index is 332. The lowest BCUT2D eigenvalue weighted by Gasteiger charge is -2.25. The average Bonchev–Trinajstić information content (AvgIpc) is 2.83. The maximum Gasteiger partial charge on any atom is 0.191 e. The third kappa shape index (κ3) is 2.31. The van der Waals surface area contributed by atoms with Crippen LogP contribution in [-0.4, -0.2) is 23.4 Å². The first kappa shape index (κ1) is 10.5. The Morgan fingerprint density at radius 2 is 2.53 bits per heavy atom. The molecule has 2 rings (SSSR count). The summed E-state index contributed by atoms with van der Waals surface area (Å²) in [7, 11) is 0. The number of thiophene rings is 1. The molecular weight excluding hydrogens is 206 g/mol. The molecule has 1 aliphatic heterocycles. The van der Waals surface area contributed by atoms with Gasteiger partial charge >= 0.3 is 0 Å². The van der Waals surface area contributed by atoms with Crippen LogP contribution in [0.5, 0.6) is 0 Å². The molecule has 0 aromatic carbocycles. The van der Waals surface area contributed by atoms with Crippen LogP contribution in [0.1, 0.15) is 24.6 Å². The molecule has 0 amide bonds. The van der Waals surface area contributed by atoms with Crippen LogP contribution in [0.4, 0.5) is 0 Å². The molecule has 0 fully saturated rings. The van der Waals surface area contributed by atoms with Crippen molar-refractivity contribution in [2.75, 3.05) is 6.54 Å². The van der Waals surface area contributed by atoms with Gasteiger partial charge in [0, 0.05) is 4.88 Å². The van der Waals surface area contributed by atoms with E-state index in [2.05, 4.69) is 34.3 Å². The summed E-state index contributed by atoms with van der Waals surface area (Å²) in [6, 6.07) is 4.74. The lowest BCUT2D eigenvalue weighted by Crippen LogP contribution is -2.39. The van der Waals surface area contributed by atoms with Crippen LogP contribution < -0.4 is 5.73 Å². The van der Waals surface area contributed by atoms with E-state index < -0.39 is 0 Å². The zero-order chi connectivity index (χ0) is 10.7. The molecule has 2 N–H and O–H groups in total. The van der Waals surface area contributed by atoms with Crippen molar-refractivity contribution in [2.45, 2.75) is 32.4 Å². The van der Waals surface area contributed by atoms with Crippen LogP contribution in [0.25, 0.3) is 0 Å². The fourth-order valence-electron chi connectivity index (χ4n) is 1.94. The maximum atomic E-state index is 5.90. The Hall–Kier alpha value is -1.03. The molecule has 1 aliphatic rings. The van der Waals surface area contributed by atoms with E-state index in [1.165, 1.54) is 17.7 Å². The molecule has 3 nitrogen and oxygen atoms in total. The van der Waals surface area contributed by atoms with Crippen molar-refractivity contribution < 1.29 is 0 Å². The Labute approximate surface area is 94.6 Å². The number of nitrogens with zero attached hydrogens (tertiary/aromatic N) is 2. The van der Waals surface area contributed by atoms with E-state index in [1.54, 1.807) is 11.3 Å². The minimum Gasteiger partial charge on any atom is -0.370 e. The van der Waals surface area contributed by atoms with Crippen molar-refractivity contribution in [1.29, 1.82) is 0 Å². The Kier molecular flexibility index (Phi) is 3.26. The number of nitrogens with two attached hydrogens (primary N) is 1. The number of guanidine groups is 1. The van der Waals surface area contributed by atoms with Gasteiger partial charge in [-0.2, -0.15) is 0 Å². The monoisotopic (exact) mass is 223 g/mol. The van der Waals surface area contributed by atoms with Gasteiger partial charge in [-0.3, -0.25) is 4.99 Å². The molecule has 1 aromatic rings. The van der Waals surface area contributed by atoms with Gasteiger partial charge in [0.25, 0.3) is 0 Å². The van der Waals surface area contributed by atoms with E-state index >= 15 is 0 Å². The maximum absolute atomic E-state index is 5.90. The SMILES string of the molecule is CCCC1CN=C(N)N1Cc1cccs1. The van der Waals surface area contributed by atoms with Gasteiger partial charge in [0.05, 0.1) is 19.1 Å². The number of aliphatic imine (C=N–C) groups is 1. The van der Waals surface area contributed by atoms with Crippen molar-refractivity contribution in [3.63, 3.8) is 0 Å². The first-order valence-corrected chi connectivity index (χ1v) is 6.28. The van der Waals surface area contributed by atoms with Crippen LogP contribution >= 0.6 is 11.3 Å².